The Morgan fingerprint density at radius 1 is 1.24 bits per heavy atom. The van der Waals surface area contributed by atoms with Crippen LogP contribution in [-0.2, 0) is 11.2 Å². The number of hydrogen-bond acceptors (Lipinski definition) is 3. The second-order valence-corrected chi connectivity index (χ2v) is 5.18. The zero-order valence-corrected chi connectivity index (χ0v) is 12.8. The lowest BCUT2D eigenvalue weighted by Gasteiger charge is -2.27. The van der Waals surface area contributed by atoms with Crippen molar-refractivity contribution >= 4 is 29.3 Å². The highest BCUT2D eigenvalue weighted by molar-refractivity contribution is 5.85. The SMILES string of the molecule is Cl.O=C(CCCc1nc2ccccc2[nH]1)N1CCNCC1. The van der Waals surface area contributed by atoms with E-state index in [9.17, 15) is 4.79 Å². The Bertz CT molecular complexity index is 559. The molecule has 1 aromatic carbocycles. The van der Waals surface area contributed by atoms with Crippen LogP contribution in [0.4, 0.5) is 0 Å². The minimum absolute atomic E-state index is 0. The van der Waals surface area contributed by atoms with Crippen molar-refractivity contribution in [3.05, 3.63) is 30.1 Å². The number of hydrogen-bond donors (Lipinski definition) is 2. The van der Waals surface area contributed by atoms with Gasteiger partial charge >= 0.3 is 0 Å². The lowest BCUT2D eigenvalue weighted by atomic mass is 10.2. The highest BCUT2D eigenvalue weighted by Crippen LogP contribution is 2.12. The standard InChI is InChI=1S/C15H20N4O.ClH/c20-15(19-10-8-16-9-11-19)7-3-6-14-17-12-4-1-2-5-13(12)18-14;/h1-2,4-5,16H,3,6-11H2,(H,17,18);1H. The van der Waals surface area contributed by atoms with Gasteiger partial charge in [0, 0.05) is 39.0 Å². The molecule has 5 nitrogen and oxygen atoms in total. The Morgan fingerprint density at radius 3 is 2.76 bits per heavy atom. The predicted molar refractivity (Wildman–Crippen MR) is 85.7 cm³/mol. The maximum atomic E-state index is 12.0. The van der Waals surface area contributed by atoms with Crippen LogP contribution in [0.15, 0.2) is 24.3 Å². The third-order valence-corrected chi connectivity index (χ3v) is 3.71. The van der Waals surface area contributed by atoms with E-state index >= 15 is 0 Å². The molecule has 1 aliphatic heterocycles. The average molecular weight is 309 g/mol. The van der Waals surface area contributed by atoms with Gasteiger partial charge in [-0.2, -0.15) is 0 Å². The van der Waals surface area contributed by atoms with Crippen LogP contribution in [0.1, 0.15) is 18.7 Å². The number of benzene rings is 1. The summed E-state index contributed by atoms with van der Waals surface area (Å²) in [6.45, 7) is 3.50. The van der Waals surface area contributed by atoms with Crippen molar-refractivity contribution in [2.45, 2.75) is 19.3 Å². The number of H-pyrrole nitrogens is 1. The number of amides is 1. The monoisotopic (exact) mass is 308 g/mol. The molecule has 0 aliphatic carbocycles. The molecule has 1 fully saturated rings. The van der Waals surface area contributed by atoms with Crippen molar-refractivity contribution in [2.24, 2.45) is 0 Å². The van der Waals surface area contributed by atoms with E-state index in [0.717, 1.165) is 55.9 Å². The molecule has 2 N–H and O–H groups in total. The summed E-state index contributed by atoms with van der Waals surface area (Å²) >= 11 is 0. The first-order chi connectivity index (χ1) is 9.83. The van der Waals surface area contributed by atoms with E-state index in [1.54, 1.807) is 0 Å². The number of fused-ring (bicyclic) bond motifs is 1. The minimum Gasteiger partial charge on any atom is -0.342 e. The Balaban J connectivity index is 0.00000161. The largest absolute Gasteiger partial charge is 0.342 e. The first-order valence-corrected chi connectivity index (χ1v) is 7.25. The molecule has 1 aromatic heterocycles. The number of aromatic nitrogens is 2. The molecule has 0 bridgehead atoms. The maximum absolute atomic E-state index is 12.0. The van der Waals surface area contributed by atoms with Gasteiger partial charge in [-0.25, -0.2) is 4.98 Å². The summed E-state index contributed by atoms with van der Waals surface area (Å²) in [6, 6.07) is 8.01. The third-order valence-electron chi connectivity index (χ3n) is 3.71. The van der Waals surface area contributed by atoms with Gasteiger partial charge in [-0.1, -0.05) is 12.1 Å². The van der Waals surface area contributed by atoms with E-state index in [2.05, 4.69) is 15.3 Å². The van der Waals surface area contributed by atoms with Crippen LogP contribution in [0.5, 0.6) is 0 Å². The van der Waals surface area contributed by atoms with Gasteiger partial charge in [-0.3, -0.25) is 4.79 Å². The molecule has 6 heteroatoms. The fraction of sp³-hybridized carbons (Fsp3) is 0.467. The number of aryl methyl sites for hydroxylation is 1. The lowest BCUT2D eigenvalue weighted by molar-refractivity contribution is -0.131. The van der Waals surface area contributed by atoms with Crippen LogP contribution >= 0.6 is 12.4 Å². The van der Waals surface area contributed by atoms with Gasteiger partial charge in [0.25, 0.3) is 0 Å². The molecular formula is C15H21ClN4O. The number of carbonyl (C=O) groups is 1. The van der Waals surface area contributed by atoms with Gasteiger partial charge in [-0.05, 0) is 18.6 Å². The number of piperazine rings is 1. The Morgan fingerprint density at radius 2 is 2.00 bits per heavy atom. The van der Waals surface area contributed by atoms with Gasteiger partial charge in [-0.15, -0.1) is 12.4 Å². The van der Waals surface area contributed by atoms with E-state index in [0.29, 0.717) is 6.42 Å². The molecule has 1 saturated heterocycles. The topological polar surface area (TPSA) is 61.0 Å². The highest BCUT2D eigenvalue weighted by atomic mass is 35.5. The first kappa shape index (κ1) is 15.8. The number of halogens is 1. The molecule has 3 rings (SSSR count). The molecule has 2 heterocycles. The summed E-state index contributed by atoms with van der Waals surface area (Å²) in [7, 11) is 0. The summed E-state index contributed by atoms with van der Waals surface area (Å²) in [5.74, 6) is 1.24. The molecule has 0 radical (unpaired) electrons. The van der Waals surface area contributed by atoms with Gasteiger partial charge in [0.1, 0.15) is 5.82 Å². The summed E-state index contributed by atoms with van der Waals surface area (Å²) in [5.41, 5.74) is 2.06. The Kier molecular flexibility index (Phi) is 5.59. The number of nitrogens with one attached hydrogen (secondary N) is 2. The van der Waals surface area contributed by atoms with Crippen LogP contribution in [0.2, 0.25) is 0 Å². The number of para-hydroxylation sites is 2. The minimum atomic E-state index is 0. The van der Waals surface area contributed by atoms with Crippen molar-refractivity contribution in [3.63, 3.8) is 0 Å². The summed E-state index contributed by atoms with van der Waals surface area (Å²) in [6.07, 6.45) is 2.28. The van der Waals surface area contributed by atoms with Crippen molar-refractivity contribution in [1.29, 1.82) is 0 Å². The van der Waals surface area contributed by atoms with Crippen LogP contribution < -0.4 is 5.32 Å². The molecule has 0 atom stereocenters. The fourth-order valence-corrected chi connectivity index (χ4v) is 2.60. The van der Waals surface area contributed by atoms with Gasteiger partial charge in [0.15, 0.2) is 0 Å². The summed E-state index contributed by atoms with van der Waals surface area (Å²) < 4.78 is 0. The molecule has 21 heavy (non-hydrogen) atoms. The third kappa shape index (κ3) is 3.95. The molecule has 0 saturated carbocycles. The molecule has 0 unspecified atom stereocenters. The highest BCUT2D eigenvalue weighted by Gasteiger charge is 2.15. The molecule has 2 aromatic rings. The normalized spacial score (nSPS) is 15.0. The van der Waals surface area contributed by atoms with Crippen LogP contribution in [0, 0.1) is 0 Å². The quantitative estimate of drug-likeness (QED) is 0.904. The number of nitrogens with zero attached hydrogens (tertiary/aromatic N) is 2. The van der Waals surface area contributed by atoms with Crippen molar-refractivity contribution in [2.75, 3.05) is 26.2 Å². The molecular weight excluding hydrogens is 288 g/mol. The van der Waals surface area contributed by atoms with E-state index in [1.165, 1.54) is 0 Å². The Hall–Kier alpha value is -1.59. The Labute approximate surface area is 130 Å². The van der Waals surface area contributed by atoms with Crippen molar-refractivity contribution in [1.82, 2.24) is 20.2 Å². The first-order valence-electron chi connectivity index (χ1n) is 7.25. The average Bonchev–Trinajstić information content (AvgIpc) is 2.90. The van der Waals surface area contributed by atoms with Crippen LogP contribution in [0.3, 0.4) is 0 Å². The summed E-state index contributed by atoms with van der Waals surface area (Å²) in [4.78, 5) is 21.8. The summed E-state index contributed by atoms with van der Waals surface area (Å²) in [5, 5.41) is 3.26. The second-order valence-electron chi connectivity index (χ2n) is 5.18. The zero-order chi connectivity index (χ0) is 13.8. The molecule has 1 aliphatic rings. The van der Waals surface area contributed by atoms with Gasteiger partial charge in [0.05, 0.1) is 11.0 Å². The molecule has 114 valence electrons. The molecule has 0 spiro atoms. The smallest absolute Gasteiger partial charge is 0.222 e. The molecule has 1 amide bonds. The number of aromatic amines is 1. The number of rotatable bonds is 4. The second kappa shape index (κ2) is 7.43. The fourth-order valence-electron chi connectivity index (χ4n) is 2.60. The predicted octanol–water partition coefficient (Wildman–Crippen LogP) is 1.74. The van der Waals surface area contributed by atoms with E-state index in [-0.39, 0.29) is 18.3 Å². The van der Waals surface area contributed by atoms with Crippen LogP contribution in [-0.4, -0.2) is 47.0 Å². The van der Waals surface area contributed by atoms with Crippen molar-refractivity contribution in [3.8, 4) is 0 Å². The zero-order valence-electron chi connectivity index (χ0n) is 12.0. The number of imidazole rings is 1. The van der Waals surface area contributed by atoms with E-state index in [4.69, 9.17) is 0 Å². The van der Waals surface area contributed by atoms with Gasteiger partial charge < -0.3 is 15.2 Å². The van der Waals surface area contributed by atoms with Gasteiger partial charge in [0.2, 0.25) is 5.91 Å². The van der Waals surface area contributed by atoms with E-state index < -0.39 is 0 Å². The van der Waals surface area contributed by atoms with E-state index in [1.807, 2.05) is 29.2 Å². The maximum Gasteiger partial charge on any atom is 0.222 e. The lowest BCUT2D eigenvalue weighted by Crippen LogP contribution is -2.46. The van der Waals surface area contributed by atoms with Crippen molar-refractivity contribution < 1.29 is 4.79 Å². The number of carbonyl (C=O) groups excluding carboxylic acids is 1. The van der Waals surface area contributed by atoms with Crippen LogP contribution in [0.25, 0.3) is 11.0 Å².